The number of likely N-dealkylation sites (N-methyl/N-ethyl adjacent to an activating group) is 2. The Labute approximate surface area is 115 Å². The smallest absolute Gasteiger partial charge is 0.0955 e. The lowest BCUT2D eigenvalue weighted by Gasteiger charge is -2.39. The molecule has 0 radical (unpaired) electrons. The van der Waals surface area contributed by atoms with E-state index in [4.69, 9.17) is 0 Å². The molecule has 1 N–H and O–H groups in total. The highest BCUT2D eigenvalue weighted by Crippen LogP contribution is 2.31. The van der Waals surface area contributed by atoms with Crippen LogP contribution in [0.1, 0.15) is 25.5 Å². The summed E-state index contributed by atoms with van der Waals surface area (Å²) >= 11 is 0. The number of hydrogen-bond acceptors (Lipinski definition) is 3. The van der Waals surface area contributed by atoms with Crippen molar-refractivity contribution in [3.8, 4) is 0 Å². The number of rotatable bonds is 4. The minimum atomic E-state index is -0.00798. The molecule has 1 atom stereocenters. The van der Waals surface area contributed by atoms with Crippen LogP contribution in [0.5, 0.6) is 0 Å². The summed E-state index contributed by atoms with van der Waals surface area (Å²) in [4.78, 5) is 6.70. The molecule has 1 unspecified atom stereocenters. The molecule has 0 amide bonds. The summed E-state index contributed by atoms with van der Waals surface area (Å²) in [6.45, 7) is 4.45. The largest absolute Gasteiger partial charge is 0.334 e. The molecule has 1 aromatic heterocycles. The van der Waals surface area contributed by atoms with Gasteiger partial charge in [-0.15, -0.1) is 0 Å². The summed E-state index contributed by atoms with van der Waals surface area (Å²) in [5, 5.41) is 3.41. The van der Waals surface area contributed by atoms with Crippen LogP contribution in [0.25, 0.3) is 11.0 Å². The predicted molar refractivity (Wildman–Crippen MR) is 80.3 cm³/mol. The molecule has 0 fully saturated rings. The van der Waals surface area contributed by atoms with Crippen LogP contribution in [0.4, 0.5) is 0 Å². The molecular formula is C15H24N4. The van der Waals surface area contributed by atoms with Gasteiger partial charge in [0.25, 0.3) is 0 Å². The molecule has 0 spiro atoms. The van der Waals surface area contributed by atoms with Crippen molar-refractivity contribution < 1.29 is 0 Å². The predicted octanol–water partition coefficient (Wildman–Crippen LogP) is 2.17. The monoisotopic (exact) mass is 260 g/mol. The van der Waals surface area contributed by atoms with Crippen LogP contribution >= 0.6 is 0 Å². The molecule has 4 heteroatoms. The van der Waals surface area contributed by atoms with Crippen LogP contribution in [0.15, 0.2) is 24.5 Å². The first-order chi connectivity index (χ1) is 8.86. The molecule has 0 aliphatic carbocycles. The minimum absolute atomic E-state index is 0.00798. The van der Waals surface area contributed by atoms with E-state index in [1.165, 1.54) is 11.1 Å². The lowest BCUT2D eigenvalue weighted by atomic mass is 9.87. The SMILES string of the molecule is CNC(C)(C)C(c1ccc2c(c1)ncn2C)N(C)C. The van der Waals surface area contributed by atoms with Gasteiger partial charge in [-0.1, -0.05) is 6.07 Å². The molecule has 0 aliphatic heterocycles. The number of aromatic nitrogens is 2. The normalized spacial score (nSPS) is 14.3. The number of hydrogen-bond donors (Lipinski definition) is 1. The first kappa shape index (κ1) is 14.0. The topological polar surface area (TPSA) is 33.1 Å². The fourth-order valence-corrected chi connectivity index (χ4v) is 2.82. The Kier molecular flexibility index (Phi) is 3.65. The van der Waals surface area contributed by atoms with Gasteiger partial charge in [0, 0.05) is 12.6 Å². The Morgan fingerprint density at radius 1 is 1.32 bits per heavy atom. The summed E-state index contributed by atoms with van der Waals surface area (Å²) in [5.41, 5.74) is 3.50. The van der Waals surface area contributed by atoms with Gasteiger partial charge in [0.05, 0.1) is 23.4 Å². The molecule has 2 aromatic rings. The van der Waals surface area contributed by atoms with Gasteiger partial charge in [-0.3, -0.25) is 0 Å². The number of nitrogens with zero attached hydrogens (tertiary/aromatic N) is 3. The van der Waals surface area contributed by atoms with Crippen molar-refractivity contribution in [1.82, 2.24) is 19.8 Å². The Hall–Kier alpha value is -1.39. The summed E-state index contributed by atoms with van der Waals surface area (Å²) in [6.07, 6.45) is 1.86. The number of benzene rings is 1. The number of imidazole rings is 1. The molecule has 1 heterocycles. The molecule has 0 aliphatic rings. The van der Waals surface area contributed by atoms with Gasteiger partial charge in [0.15, 0.2) is 0 Å². The maximum absolute atomic E-state index is 4.45. The van der Waals surface area contributed by atoms with Gasteiger partial charge in [-0.05, 0) is 52.7 Å². The van der Waals surface area contributed by atoms with Gasteiger partial charge < -0.3 is 14.8 Å². The lowest BCUT2D eigenvalue weighted by Crippen LogP contribution is -2.48. The minimum Gasteiger partial charge on any atom is -0.334 e. The molecule has 104 valence electrons. The van der Waals surface area contributed by atoms with Crippen molar-refractivity contribution in [1.29, 1.82) is 0 Å². The molecule has 2 rings (SSSR count). The Bertz CT molecular complexity index is 569. The second kappa shape index (κ2) is 4.94. The number of nitrogens with one attached hydrogen (secondary N) is 1. The van der Waals surface area contributed by atoms with Crippen LogP contribution < -0.4 is 5.32 Å². The van der Waals surface area contributed by atoms with E-state index >= 15 is 0 Å². The first-order valence-corrected chi connectivity index (χ1v) is 6.63. The van der Waals surface area contributed by atoms with E-state index in [0.29, 0.717) is 6.04 Å². The highest BCUT2D eigenvalue weighted by Gasteiger charge is 2.31. The van der Waals surface area contributed by atoms with E-state index in [-0.39, 0.29) is 5.54 Å². The molecule has 1 aromatic carbocycles. The van der Waals surface area contributed by atoms with E-state index in [9.17, 15) is 0 Å². The maximum Gasteiger partial charge on any atom is 0.0955 e. The molecule has 4 nitrogen and oxygen atoms in total. The van der Waals surface area contributed by atoms with Crippen molar-refractivity contribution in [2.75, 3.05) is 21.1 Å². The van der Waals surface area contributed by atoms with Crippen LogP contribution in [-0.4, -0.2) is 41.1 Å². The third-order valence-electron chi connectivity index (χ3n) is 3.91. The fraction of sp³-hybridized carbons (Fsp3) is 0.533. The molecule has 0 saturated heterocycles. The van der Waals surface area contributed by atoms with E-state index in [0.717, 1.165) is 5.52 Å². The Balaban J connectivity index is 2.50. The summed E-state index contributed by atoms with van der Waals surface area (Å²) in [5.74, 6) is 0. The van der Waals surface area contributed by atoms with Gasteiger partial charge in [-0.25, -0.2) is 4.98 Å². The van der Waals surface area contributed by atoms with Crippen molar-refractivity contribution in [3.63, 3.8) is 0 Å². The Morgan fingerprint density at radius 2 is 2.00 bits per heavy atom. The van der Waals surface area contributed by atoms with E-state index in [1.54, 1.807) is 0 Å². The second-order valence-electron chi connectivity index (χ2n) is 5.94. The zero-order valence-corrected chi connectivity index (χ0v) is 12.7. The average molecular weight is 260 g/mol. The summed E-state index contributed by atoms with van der Waals surface area (Å²) in [6, 6.07) is 6.84. The second-order valence-corrected chi connectivity index (χ2v) is 5.94. The third kappa shape index (κ3) is 2.51. The van der Waals surface area contributed by atoms with Crippen LogP contribution in [0.3, 0.4) is 0 Å². The maximum atomic E-state index is 4.45. The zero-order chi connectivity index (χ0) is 14.2. The molecule has 0 saturated carbocycles. The standard InChI is InChI=1S/C15H24N4/c1-15(2,16-3)14(18(4)5)11-7-8-13-12(9-11)17-10-19(13)6/h7-10,14,16H,1-6H3. The first-order valence-electron chi connectivity index (χ1n) is 6.63. The highest BCUT2D eigenvalue weighted by molar-refractivity contribution is 5.76. The Morgan fingerprint density at radius 3 is 2.58 bits per heavy atom. The van der Waals surface area contributed by atoms with Crippen LogP contribution in [0, 0.1) is 0 Å². The molecule has 0 bridgehead atoms. The lowest BCUT2D eigenvalue weighted by molar-refractivity contribution is 0.177. The van der Waals surface area contributed by atoms with Crippen LogP contribution in [0.2, 0.25) is 0 Å². The average Bonchev–Trinajstić information content (AvgIpc) is 2.70. The molecule has 19 heavy (non-hydrogen) atoms. The van der Waals surface area contributed by atoms with Crippen molar-refractivity contribution in [2.45, 2.75) is 25.4 Å². The molecular weight excluding hydrogens is 236 g/mol. The van der Waals surface area contributed by atoms with Crippen molar-refractivity contribution in [2.24, 2.45) is 7.05 Å². The van der Waals surface area contributed by atoms with Gasteiger partial charge in [0.2, 0.25) is 0 Å². The third-order valence-corrected chi connectivity index (χ3v) is 3.91. The fourth-order valence-electron chi connectivity index (χ4n) is 2.82. The van der Waals surface area contributed by atoms with Gasteiger partial charge >= 0.3 is 0 Å². The number of aryl methyl sites for hydroxylation is 1. The highest BCUT2D eigenvalue weighted by atomic mass is 15.2. The summed E-state index contributed by atoms with van der Waals surface area (Å²) in [7, 11) is 8.27. The van der Waals surface area contributed by atoms with E-state index in [1.807, 2.05) is 25.0 Å². The van der Waals surface area contributed by atoms with E-state index in [2.05, 4.69) is 61.3 Å². The van der Waals surface area contributed by atoms with Crippen molar-refractivity contribution in [3.05, 3.63) is 30.1 Å². The number of fused-ring (bicyclic) bond motifs is 1. The summed E-state index contributed by atoms with van der Waals surface area (Å²) < 4.78 is 2.05. The van der Waals surface area contributed by atoms with Gasteiger partial charge in [-0.2, -0.15) is 0 Å². The zero-order valence-electron chi connectivity index (χ0n) is 12.7. The van der Waals surface area contributed by atoms with Gasteiger partial charge in [0.1, 0.15) is 0 Å². The van der Waals surface area contributed by atoms with Crippen molar-refractivity contribution >= 4 is 11.0 Å². The van der Waals surface area contributed by atoms with Crippen LogP contribution in [-0.2, 0) is 7.05 Å². The van der Waals surface area contributed by atoms with E-state index < -0.39 is 0 Å². The quantitative estimate of drug-likeness (QED) is 0.914.